The SMILES string of the molecule is O=C(NCC1CCCS1)C1CSCN1. The number of rotatable bonds is 3. The Hall–Kier alpha value is 0.130. The van der Waals surface area contributed by atoms with Gasteiger partial charge in [-0.3, -0.25) is 10.1 Å². The molecule has 2 aliphatic heterocycles. The summed E-state index contributed by atoms with van der Waals surface area (Å²) in [5.41, 5.74) is 0. The van der Waals surface area contributed by atoms with Crippen LogP contribution < -0.4 is 10.6 Å². The number of carbonyl (C=O) groups excluding carboxylic acids is 1. The summed E-state index contributed by atoms with van der Waals surface area (Å²) in [6.45, 7) is 0.854. The van der Waals surface area contributed by atoms with Crippen molar-refractivity contribution in [3.05, 3.63) is 0 Å². The Morgan fingerprint density at radius 1 is 1.57 bits per heavy atom. The summed E-state index contributed by atoms with van der Waals surface area (Å²) in [4.78, 5) is 11.6. The summed E-state index contributed by atoms with van der Waals surface area (Å²) < 4.78 is 0. The van der Waals surface area contributed by atoms with E-state index in [1.54, 1.807) is 11.8 Å². The van der Waals surface area contributed by atoms with Gasteiger partial charge in [-0.1, -0.05) is 0 Å². The lowest BCUT2D eigenvalue weighted by Gasteiger charge is -2.13. The molecule has 2 unspecified atom stereocenters. The van der Waals surface area contributed by atoms with Gasteiger partial charge in [-0.2, -0.15) is 11.8 Å². The van der Waals surface area contributed by atoms with Gasteiger partial charge in [-0.15, -0.1) is 11.8 Å². The molecular formula is C9H16N2OS2. The predicted octanol–water partition coefficient (Wildman–Crippen LogP) is 0.661. The van der Waals surface area contributed by atoms with Crippen molar-refractivity contribution in [1.82, 2.24) is 10.6 Å². The standard InChI is InChI=1S/C9H16N2OS2/c12-9(8-5-13-6-11-8)10-4-7-2-1-3-14-7/h7-8,11H,1-6H2,(H,10,12). The fourth-order valence-electron chi connectivity index (χ4n) is 1.71. The van der Waals surface area contributed by atoms with E-state index < -0.39 is 0 Å². The summed E-state index contributed by atoms with van der Waals surface area (Å²) in [5, 5.41) is 6.87. The Morgan fingerprint density at radius 3 is 3.14 bits per heavy atom. The fraction of sp³-hybridized carbons (Fsp3) is 0.889. The molecule has 0 radical (unpaired) electrons. The summed E-state index contributed by atoms with van der Waals surface area (Å²) >= 11 is 3.78. The van der Waals surface area contributed by atoms with E-state index >= 15 is 0 Å². The van der Waals surface area contributed by atoms with Crippen molar-refractivity contribution < 1.29 is 4.79 Å². The Bertz CT molecular complexity index is 201. The van der Waals surface area contributed by atoms with Gasteiger partial charge in [0.2, 0.25) is 5.91 Å². The molecule has 1 amide bonds. The van der Waals surface area contributed by atoms with Crippen LogP contribution in [0.2, 0.25) is 0 Å². The maximum Gasteiger partial charge on any atom is 0.238 e. The van der Waals surface area contributed by atoms with E-state index in [0.717, 1.165) is 18.2 Å². The van der Waals surface area contributed by atoms with Gasteiger partial charge in [0.15, 0.2) is 0 Å². The highest BCUT2D eigenvalue weighted by Crippen LogP contribution is 2.25. The molecular weight excluding hydrogens is 216 g/mol. The molecule has 2 heterocycles. The first kappa shape index (κ1) is 10.6. The second-order valence-electron chi connectivity index (χ2n) is 3.65. The Labute approximate surface area is 93.2 Å². The first-order chi connectivity index (χ1) is 6.86. The third-order valence-corrected chi connectivity index (χ3v) is 4.90. The summed E-state index contributed by atoms with van der Waals surface area (Å²) in [6, 6.07) is 0.0476. The van der Waals surface area contributed by atoms with Gasteiger partial charge in [-0.25, -0.2) is 0 Å². The summed E-state index contributed by atoms with van der Waals surface area (Å²) in [7, 11) is 0. The van der Waals surface area contributed by atoms with Crippen LogP contribution >= 0.6 is 23.5 Å². The normalized spacial score (nSPS) is 32.0. The second-order valence-corrected chi connectivity index (χ2v) is 6.09. The van der Waals surface area contributed by atoms with E-state index in [-0.39, 0.29) is 11.9 Å². The zero-order valence-electron chi connectivity index (χ0n) is 8.12. The quantitative estimate of drug-likeness (QED) is 0.750. The molecule has 2 saturated heterocycles. The third kappa shape index (κ3) is 2.81. The van der Waals surface area contributed by atoms with E-state index in [1.165, 1.54) is 18.6 Å². The topological polar surface area (TPSA) is 41.1 Å². The molecule has 0 saturated carbocycles. The zero-order valence-corrected chi connectivity index (χ0v) is 9.76. The van der Waals surface area contributed by atoms with Crippen molar-refractivity contribution in [2.45, 2.75) is 24.1 Å². The first-order valence-electron chi connectivity index (χ1n) is 5.07. The molecule has 0 aromatic carbocycles. The molecule has 0 aromatic heterocycles. The van der Waals surface area contributed by atoms with Crippen LogP contribution in [0, 0.1) is 0 Å². The third-order valence-electron chi connectivity index (χ3n) is 2.56. The highest BCUT2D eigenvalue weighted by Gasteiger charge is 2.23. The van der Waals surface area contributed by atoms with Crippen molar-refractivity contribution in [1.29, 1.82) is 0 Å². The minimum atomic E-state index is 0.0476. The van der Waals surface area contributed by atoms with Crippen LogP contribution in [0.15, 0.2) is 0 Å². The van der Waals surface area contributed by atoms with Gasteiger partial charge in [0.05, 0.1) is 6.04 Å². The van der Waals surface area contributed by atoms with Crippen LogP contribution in [-0.4, -0.2) is 41.1 Å². The van der Waals surface area contributed by atoms with E-state index in [0.29, 0.717) is 5.25 Å². The Morgan fingerprint density at radius 2 is 2.50 bits per heavy atom. The summed E-state index contributed by atoms with van der Waals surface area (Å²) in [5.74, 6) is 3.28. The van der Waals surface area contributed by atoms with Gasteiger partial charge in [-0.05, 0) is 18.6 Å². The van der Waals surface area contributed by atoms with E-state index in [1.807, 2.05) is 11.8 Å². The van der Waals surface area contributed by atoms with Crippen LogP contribution in [0.5, 0.6) is 0 Å². The van der Waals surface area contributed by atoms with Gasteiger partial charge in [0.25, 0.3) is 0 Å². The highest BCUT2D eigenvalue weighted by atomic mass is 32.2. The number of amides is 1. The molecule has 3 nitrogen and oxygen atoms in total. The minimum Gasteiger partial charge on any atom is -0.354 e. The summed E-state index contributed by atoms with van der Waals surface area (Å²) in [6.07, 6.45) is 2.57. The van der Waals surface area contributed by atoms with Gasteiger partial charge < -0.3 is 5.32 Å². The average molecular weight is 232 g/mol. The molecule has 0 aromatic rings. The smallest absolute Gasteiger partial charge is 0.238 e. The molecule has 80 valence electrons. The molecule has 0 bridgehead atoms. The Kier molecular flexibility index (Phi) is 4.01. The van der Waals surface area contributed by atoms with Gasteiger partial charge >= 0.3 is 0 Å². The second kappa shape index (κ2) is 5.28. The molecule has 2 N–H and O–H groups in total. The zero-order chi connectivity index (χ0) is 9.80. The Balaban J connectivity index is 1.66. The van der Waals surface area contributed by atoms with E-state index in [2.05, 4.69) is 10.6 Å². The molecule has 2 atom stereocenters. The van der Waals surface area contributed by atoms with Crippen molar-refractivity contribution in [3.8, 4) is 0 Å². The lowest BCUT2D eigenvalue weighted by molar-refractivity contribution is -0.122. The average Bonchev–Trinajstić information content (AvgIpc) is 2.87. The number of hydrogen-bond acceptors (Lipinski definition) is 4. The minimum absolute atomic E-state index is 0.0476. The fourth-order valence-corrected chi connectivity index (χ4v) is 3.85. The molecule has 5 heteroatoms. The molecule has 14 heavy (non-hydrogen) atoms. The monoisotopic (exact) mass is 232 g/mol. The molecule has 0 aliphatic carbocycles. The van der Waals surface area contributed by atoms with Crippen LogP contribution in [-0.2, 0) is 4.79 Å². The van der Waals surface area contributed by atoms with Crippen LogP contribution in [0.3, 0.4) is 0 Å². The van der Waals surface area contributed by atoms with Crippen LogP contribution in [0.1, 0.15) is 12.8 Å². The largest absolute Gasteiger partial charge is 0.354 e. The predicted molar refractivity (Wildman–Crippen MR) is 62.7 cm³/mol. The molecule has 2 fully saturated rings. The number of nitrogens with one attached hydrogen (secondary N) is 2. The number of carbonyl (C=O) groups is 1. The lowest BCUT2D eigenvalue weighted by Crippen LogP contribution is -2.43. The van der Waals surface area contributed by atoms with Gasteiger partial charge in [0, 0.05) is 23.4 Å². The molecule has 2 rings (SSSR count). The highest BCUT2D eigenvalue weighted by molar-refractivity contribution is 8.00. The molecule has 0 spiro atoms. The van der Waals surface area contributed by atoms with Gasteiger partial charge in [0.1, 0.15) is 0 Å². The first-order valence-corrected chi connectivity index (χ1v) is 7.27. The maximum absolute atomic E-state index is 11.6. The van der Waals surface area contributed by atoms with E-state index in [9.17, 15) is 4.79 Å². The van der Waals surface area contributed by atoms with Crippen molar-refractivity contribution in [2.24, 2.45) is 0 Å². The number of hydrogen-bond donors (Lipinski definition) is 2. The van der Waals surface area contributed by atoms with Crippen molar-refractivity contribution >= 4 is 29.4 Å². The lowest BCUT2D eigenvalue weighted by atomic mass is 10.2. The molecule has 2 aliphatic rings. The van der Waals surface area contributed by atoms with Crippen molar-refractivity contribution in [3.63, 3.8) is 0 Å². The number of thioether (sulfide) groups is 2. The van der Waals surface area contributed by atoms with Crippen LogP contribution in [0.4, 0.5) is 0 Å². The maximum atomic E-state index is 11.6. The van der Waals surface area contributed by atoms with Crippen molar-refractivity contribution in [2.75, 3.05) is 23.9 Å². The van der Waals surface area contributed by atoms with E-state index in [4.69, 9.17) is 0 Å². The van der Waals surface area contributed by atoms with Crippen LogP contribution in [0.25, 0.3) is 0 Å².